The highest BCUT2D eigenvalue weighted by Crippen LogP contribution is 2.01. The maximum absolute atomic E-state index is 11.3. The van der Waals surface area contributed by atoms with Gasteiger partial charge in [0.15, 0.2) is 0 Å². The Balaban J connectivity index is 4.26. The number of hydrogen-bond donors (Lipinski definition) is 0. The van der Waals surface area contributed by atoms with Gasteiger partial charge in [0.05, 0.1) is 5.75 Å². The summed E-state index contributed by atoms with van der Waals surface area (Å²) in [7, 11) is -2.94. The molecule has 0 rings (SSSR count). The van der Waals surface area contributed by atoms with Crippen LogP contribution in [0.3, 0.4) is 0 Å². The molecule has 0 amide bonds. The molecule has 0 saturated carbocycles. The van der Waals surface area contributed by atoms with E-state index in [0.717, 1.165) is 0 Å². The Bertz CT molecular complexity index is 183. The third-order valence-corrected chi connectivity index (χ3v) is 3.79. The molecule has 0 unspecified atom stereocenters. The van der Waals surface area contributed by atoms with Crippen molar-refractivity contribution < 1.29 is 8.42 Å². The average molecular weight is 179 g/mol. The normalized spacial score (nSPS) is 12.4. The fourth-order valence-electron chi connectivity index (χ4n) is 1.00. The van der Waals surface area contributed by atoms with Crippen molar-refractivity contribution in [1.82, 2.24) is 4.31 Å². The first kappa shape index (κ1) is 10.9. The molecule has 3 nitrogen and oxygen atoms in total. The van der Waals surface area contributed by atoms with E-state index < -0.39 is 10.0 Å². The SMILES string of the molecule is CCCS(=O)(=O)N(CC)CC. The highest BCUT2D eigenvalue weighted by Gasteiger charge is 2.16. The van der Waals surface area contributed by atoms with E-state index in [1.807, 2.05) is 20.8 Å². The summed E-state index contributed by atoms with van der Waals surface area (Å²) >= 11 is 0. The zero-order chi connectivity index (χ0) is 8.91. The first-order valence-electron chi connectivity index (χ1n) is 4.06. The lowest BCUT2D eigenvalue weighted by atomic mass is 10.6. The second-order valence-corrected chi connectivity index (χ2v) is 4.49. The molecule has 0 radical (unpaired) electrons. The van der Waals surface area contributed by atoms with E-state index in [-0.39, 0.29) is 5.75 Å². The van der Waals surface area contributed by atoms with E-state index in [9.17, 15) is 8.42 Å². The van der Waals surface area contributed by atoms with Crippen molar-refractivity contribution in [3.05, 3.63) is 0 Å². The maximum atomic E-state index is 11.3. The van der Waals surface area contributed by atoms with Crippen molar-refractivity contribution in [1.29, 1.82) is 0 Å². The molecule has 0 aliphatic rings. The van der Waals surface area contributed by atoms with Crippen LogP contribution in [-0.4, -0.2) is 31.6 Å². The van der Waals surface area contributed by atoms with Crippen LogP contribution in [0.1, 0.15) is 27.2 Å². The number of hydrogen-bond acceptors (Lipinski definition) is 2. The van der Waals surface area contributed by atoms with Crippen LogP contribution < -0.4 is 0 Å². The molecule has 0 atom stereocenters. The maximum Gasteiger partial charge on any atom is 0.214 e. The highest BCUT2D eigenvalue weighted by molar-refractivity contribution is 7.89. The van der Waals surface area contributed by atoms with Crippen LogP contribution in [0.5, 0.6) is 0 Å². The molecule has 0 bridgehead atoms. The third-order valence-electron chi connectivity index (χ3n) is 1.56. The van der Waals surface area contributed by atoms with Gasteiger partial charge in [-0.3, -0.25) is 0 Å². The zero-order valence-corrected chi connectivity index (χ0v) is 8.32. The first-order valence-corrected chi connectivity index (χ1v) is 5.67. The summed E-state index contributed by atoms with van der Waals surface area (Å²) in [5.74, 6) is 0.272. The number of sulfonamides is 1. The van der Waals surface area contributed by atoms with E-state index in [2.05, 4.69) is 0 Å². The summed E-state index contributed by atoms with van der Waals surface area (Å²) in [6.07, 6.45) is 0.693. The standard InChI is InChI=1S/C7H17NO2S/c1-4-7-11(9,10)8(5-2)6-3/h4-7H2,1-3H3. The molecule has 0 aliphatic heterocycles. The van der Waals surface area contributed by atoms with Gasteiger partial charge in [-0.2, -0.15) is 0 Å². The van der Waals surface area contributed by atoms with Gasteiger partial charge >= 0.3 is 0 Å². The van der Waals surface area contributed by atoms with Gasteiger partial charge in [-0.05, 0) is 6.42 Å². The van der Waals surface area contributed by atoms with Gasteiger partial charge in [-0.15, -0.1) is 0 Å². The molecule has 0 aromatic carbocycles. The smallest absolute Gasteiger partial charge is 0.212 e. The van der Waals surface area contributed by atoms with E-state index in [1.54, 1.807) is 0 Å². The molecule has 68 valence electrons. The minimum absolute atomic E-state index is 0.272. The molecule has 11 heavy (non-hydrogen) atoms. The summed E-state index contributed by atoms with van der Waals surface area (Å²) in [5.41, 5.74) is 0. The Morgan fingerprint density at radius 2 is 1.55 bits per heavy atom. The van der Waals surface area contributed by atoms with Crippen molar-refractivity contribution in [2.75, 3.05) is 18.8 Å². The van der Waals surface area contributed by atoms with Crippen molar-refractivity contribution in [3.63, 3.8) is 0 Å². The van der Waals surface area contributed by atoms with Crippen LogP contribution in [0.25, 0.3) is 0 Å². The number of rotatable bonds is 5. The predicted molar refractivity (Wildman–Crippen MR) is 47.0 cm³/mol. The molecule has 0 fully saturated rings. The summed E-state index contributed by atoms with van der Waals surface area (Å²) < 4.78 is 24.1. The molecule has 0 spiro atoms. The molecular weight excluding hydrogens is 162 g/mol. The molecule has 0 aliphatic carbocycles. The Kier molecular flexibility index (Phi) is 4.68. The van der Waals surface area contributed by atoms with Gasteiger partial charge < -0.3 is 0 Å². The van der Waals surface area contributed by atoms with Crippen molar-refractivity contribution >= 4 is 10.0 Å². The van der Waals surface area contributed by atoms with E-state index >= 15 is 0 Å². The van der Waals surface area contributed by atoms with E-state index in [0.29, 0.717) is 19.5 Å². The minimum atomic E-state index is -2.94. The van der Waals surface area contributed by atoms with Crippen LogP contribution in [0.15, 0.2) is 0 Å². The van der Waals surface area contributed by atoms with Crippen LogP contribution in [0.2, 0.25) is 0 Å². The second-order valence-electron chi connectivity index (χ2n) is 2.40. The zero-order valence-electron chi connectivity index (χ0n) is 7.50. The van der Waals surface area contributed by atoms with Gasteiger partial charge in [0.25, 0.3) is 0 Å². The molecule has 0 N–H and O–H groups in total. The van der Waals surface area contributed by atoms with Crippen LogP contribution in [-0.2, 0) is 10.0 Å². The van der Waals surface area contributed by atoms with E-state index in [1.165, 1.54) is 4.31 Å². The third kappa shape index (κ3) is 3.20. The van der Waals surface area contributed by atoms with Crippen molar-refractivity contribution in [3.8, 4) is 0 Å². The largest absolute Gasteiger partial charge is 0.214 e. The van der Waals surface area contributed by atoms with Crippen LogP contribution in [0.4, 0.5) is 0 Å². The fraction of sp³-hybridized carbons (Fsp3) is 1.00. The van der Waals surface area contributed by atoms with Crippen molar-refractivity contribution in [2.24, 2.45) is 0 Å². The number of nitrogens with zero attached hydrogens (tertiary/aromatic N) is 1. The topological polar surface area (TPSA) is 37.4 Å². The van der Waals surface area contributed by atoms with Gasteiger partial charge in [0.1, 0.15) is 0 Å². The lowest BCUT2D eigenvalue weighted by Gasteiger charge is -2.17. The fourth-order valence-corrected chi connectivity index (χ4v) is 2.56. The molecule has 0 saturated heterocycles. The van der Waals surface area contributed by atoms with Gasteiger partial charge in [0, 0.05) is 13.1 Å². The average Bonchev–Trinajstić information content (AvgIpc) is 1.89. The van der Waals surface area contributed by atoms with Gasteiger partial charge in [-0.1, -0.05) is 20.8 Å². The quantitative estimate of drug-likeness (QED) is 0.633. The van der Waals surface area contributed by atoms with Gasteiger partial charge in [-0.25, -0.2) is 12.7 Å². The van der Waals surface area contributed by atoms with Crippen LogP contribution in [0, 0.1) is 0 Å². The summed E-state index contributed by atoms with van der Waals surface area (Å²) in [6, 6.07) is 0. The van der Waals surface area contributed by atoms with Crippen LogP contribution >= 0.6 is 0 Å². The Labute approximate surface area is 69.4 Å². The summed E-state index contributed by atoms with van der Waals surface area (Å²) in [6.45, 7) is 6.76. The summed E-state index contributed by atoms with van der Waals surface area (Å²) in [4.78, 5) is 0. The highest BCUT2D eigenvalue weighted by atomic mass is 32.2. The van der Waals surface area contributed by atoms with E-state index in [4.69, 9.17) is 0 Å². The minimum Gasteiger partial charge on any atom is -0.212 e. The first-order chi connectivity index (χ1) is 5.08. The molecule has 0 aromatic heterocycles. The summed E-state index contributed by atoms with van der Waals surface area (Å²) in [5, 5.41) is 0. The van der Waals surface area contributed by atoms with Crippen molar-refractivity contribution in [2.45, 2.75) is 27.2 Å². The Hall–Kier alpha value is -0.0900. The molecular formula is C7H17NO2S. The Morgan fingerprint density at radius 3 is 1.82 bits per heavy atom. The molecule has 4 heteroatoms. The predicted octanol–water partition coefficient (Wildman–Crippen LogP) is 1.07. The van der Waals surface area contributed by atoms with Gasteiger partial charge in [0.2, 0.25) is 10.0 Å². The molecule has 0 aromatic rings. The Morgan fingerprint density at radius 1 is 1.09 bits per heavy atom. The lowest BCUT2D eigenvalue weighted by molar-refractivity contribution is 0.444. The molecule has 0 heterocycles. The monoisotopic (exact) mass is 179 g/mol. The lowest BCUT2D eigenvalue weighted by Crippen LogP contribution is -2.32. The second kappa shape index (κ2) is 4.72.